The van der Waals surface area contributed by atoms with Crippen LogP contribution in [0.4, 0.5) is 0 Å². The van der Waals surface area contributed by atoms with Gasteiger partial charge in [0.25, 0.3) is 5.91 Å². The van der Waals surface area contributed by atoms with Crippen molar-refractivity contribution < 1.29 is 14.4 Å². The summed E-state index contributed by atoms with van der Waals surface area (Å²) in [6.45, 7) is 0.473. The summed E-state index contributed by atoms with van der Waals surface area (Å²) in [6.07, 6.45) is 7.44. The summed E-state index contributed by atoms with van der Waals surface area (Å²) >= 11 is 0. The van der Waals surface area contributed by atoms with E-state index in [4.69, 9.17) is 0 Å². The summed E-state index contributed by atoms with van der Waals surface area (Å²) in [5.41, 5.74) is 3.34. The topological polar surface area (TPSA) is 101 Å². The first-order valence-corrected chi connectivity index (χ1v) is 14.0. The zero-order valence-corrected chi connectivity index (χ0v) is 23.1. The second-order valence-electron chi connectivity index (χ2n) is 10.2. The molecule has 210 valence electrons. The lowest BCUT2D eigenvalue weighted by atomic mass is 9.87. The summed E-state index contributed by atoms with van der Waals surface area (Å²) in [7, 11) is 0. The molecule has 0 saturated heterocycles. The van der Waals surface area contributed by atoms with Gasteiger partial charge in [-0.3, -0.25) is 19.4 Å². The third-order valence-corrected chi connectivity index (χ3v) is 7.06. The van der Waals surface area contributed by atoms with Crippen molar-refractivity contribution in [2.75, 3.05) is 0 Å². The highest BCUT2D eigenvalue weighted by Crippen LogP contribution is 2.21. The molecular weight excluding hydrogens is 512 g/mol. The summed E-state index contributed by atoms with van der Waals surface area (Å²) < 4.78 is 0. The van der Waals surface area contributed by atoms with Crippen molar-refractivity contribution in [3.63, 3.8) is 0 Å². The molecule has 0 bridgehead atoms. The predicted molar refractivity (Wildman–Crippen MR) is 159 cm³/mol. The summed E-state index contributed by atoms with van der Waals surface area (Å²) in [4.78, 5) is 47.4. The van der Waals surface area contributed by atoms with E-state index in [1.807, 2.05) is 78.9 Å². The average Bonchev–Trinajstić information content (AvgIpc) is 3.02. The minimum atomic E-state index is -0.724. The van der Waals surface area contributed by atoms with E-state index in [0.717, 1.165) is 24.0 Å². The number of carbonyl (C=O) groups is 3. The average molecular weight is 549 g/mol. The van der Waals surface area contributed by atoms with Gasteiger partial charge in [0, 0.05) is 31.8 Å². The van der Waals surface area contributed by atoms with Gasteiger partial charge in [-0.1, -0.05) is 91.0 Å². The Bertz CT molecular complexity index is 1370. The van der Waals surface area contributed by atoms with Gasteiger partial charge in [-0.2, -0.15) is 0 Å². The number of aryl methyl sites for hydroxylation is 1. The Morgan fingerprint density at radius 2 is 1.37 bits per heavy atom. The SMILES string of the molecule is O=C(CC[C@H](CCc1ccccc1)CC(=O)[C@H](Cc1ccccc1)NC(=O)c1cnccn1)NCc1ccccc1. The standard InChI is InChI=1S/C34H36N4O3/c39-32(30(22-27-12-6-2-7-13-27)38-34(41)31-25-35-20-21-36-31)23-28(17-16-26-10-4-1-5-11-26)18-19-33(40)37-24-29-14-8-3-9-15-29/h1-15,20-21,25,28,30H,16-19,22-24H2,(H,37,40)(H,38,41)/t28-,30-/m0/s1. The highest BCUT2D eigenvalue weighted by molar-refractivity contribution is 5.96. The minimum absolute atomic E-state index is 0.0168. The molecule has 7 heteroatoms. The van der Waals surface area contributed by atoms with Gasteiger partial charge in [0.15, 0.2) is 5.78 Å². The molecule has 4 aromatic rings. The van der Waals surface area contributed by atoms with E-state index < -0.39 is 11.9 Å². The predicted octanol–water partition coefficient (Wildman–Crippen LogP) is 5.12. The van der Waals surface area contributed by atoms with Crippen LogP contribution in [-0.2, 0) is 29.0 Å². The number of hydrogen-bond acceptors (Lipinski definition) is 5. The van der Waals surface area contributed by atoms with E-state index in [0.29, 0.717) is 25.8 Å². The largest absolute Gasteiger partial charge is 0.352 e. The van der Waals surface area contributed by atoms with Crippen LogP contribution in [-0.4, -0.2) is 33.6 Å². The second-order valence-corrected chi connectivity index (χ2v) is 10.2. The van der Waals surface area contributed by atoms with Crippen molar-refractivity contribution in [3.05, 3.63) is 132 Å². The Hall–Kier alpha value is -4.65. The summed E-state index contributed by atoms with van der Waals surface area (Å²) in [5.74, 6) is -0.554. The highest BCUT2D eigenvalue weighted by atomic mass is 16.2. The first-order valence-electron chi connectivity index (χ1n) is 14.0. The number of rotatable bonds is 15. The van der Waals surface area contributed by atoms with E-state index in [-0.39, 0.29) is 29.7 Å². The lowest BCUT2D eigenvalue weighted by Crippen LogP contribution is -2.43. The molecule has 4 rings (SSSR count). The van der Waals surface area contributed by atoms with E-state index in [9.17, 15) is 14.4 Å². The highest BCUT2D eigenvalue weighted by Gasteiger charge is 2.25. The fourth-order valence-electron chi connectivity index (χ4n) is 4.75. The quantitative estimate of drug-likeness (QED) is 0.215. The molecule has 2 amide bonds. The molecule has 2 N–H and O–H groups in total. The molecule has 0 unspecified atom stereocenters. The number of hydrogen-bond donors (Lipinski definition) is 2. The van der Waals surface area contributed by atoms with Gasteiger partial charge in [0.1, 0.15) is 5.69 Å². The molecular formula is C34H36N4O3. The monoisotopic (exact) mass is 548 g/mol. The lowest BCUT2D eigenvalue weighted by molar-refractivity contribution is -0.123. The van der Waals surface area contributed by atoms with Crippen LogP contribution in [0.5, 0.6) is 0 Å². The molecule has 0 radical (unpaired) electrons. The first kappa shape index (κ1) is 29.3. The molecule has 0 aliphatic rings. The minimum Gasteiger partial charge on any atom is -0.352 e. The summed E-state index contributed by atoms with van der Waals surface area (Å²) in [5, 5.41) is 5.88. The number of Topliss-reactive ketones (excluding diaryl/α,β-unsaturated/α-hetero) is 1. The number of benzene rings is 3. The van der Waals surface area contributed by atoms with Gasteiger partial charge in [0.05, 0.1) is 12.2 Å². The molecule has 1 aromatic heterocycles. The van der Waals surface area contributed by atoms with E-state index in [1.165, 1.54) is 24.2 Å². The van der Waals surface area contributed by atoms with Gasteiger partial charge in [-0.05, 0) is 48.3 Å². The maximum atomic E-state index is 13.7. The normalized spacial score (nSPS) is 12.2. The zero-order chi connectivity index (χ0) is 28.7. The fourth-order valence-corrected chi connectivity index (χ4v) is 4.75. The maximum absolute atomic E-state index is 13.7. The lowest BCUT2D eigenvalue weighted by Gasteiger charge is -2.22. The molecule has 2 atom stereocenters. The van der Waals surface area contributed by atoms with Gasteiger partial charge in [0.2, 0.25) is 5.91 Å². The molecule has 0 saturated carbocycles. The second kappa shape index (κ2) is 15.8. The molecule has 3 aromatic carbocycles. The molecule has 41 heavy (non-hydrogen) atoms. The Morgan fingerprint density at radius 1 is 0.732 bits per heavy atom. The van der Waals surface area contributed by atoms with Crippen LogP contribution in [0.3, 0.4) is 0 Å². The van der Waals surface area contributed by atoms with Crippen molar-refractivity contribution in [2.45, 2.75) is 51.1 Å². The summed E-state index contributed by atoms with van der Waals surface area (Å²) in [6, 6.07) is 28.8. The Morgan fingerprint density at radius 3 is 2.00 bits per heavy atom. The number of ketones is 1. The van der Waals surface area contributed by atoms with Crippen LogP contribution in [0.25, 0.3) is 0 Å². The van der Waals surface area contributed by atoms with Crippen molar-refractivity contribution in [1.82, 2.24) is 20.6 Å². The number of nitrogens with one attached hydrogen (secondary N) is 2. The molecule has 0 aliphatic heterocycles. The van der Waals surface area contributed by atoms with Gasteiger partial charge >= 0.3 is 0 Å². The number of amides is 2. The van der Waals surface area contributed by atoms with E-state index in [1.54, 1.807) is 0 Å². The first-order chi connectivity index (χ1) is 20.1. The molecule has 7 nitrogen and oxygen atoms in total. The van der Waals surface area contributed by atoms with Crippen molar-refractivity contribution in [3.8, 4) is 0 Å². The van der Waals surface area contributed by atoms with E-state index in [2.05, 4.69) is 32.7 Å². The zero-order valence-electron chi connectivity index (χ0n) is 23.1. The van der Waals surface area contributed by atoms with Crippen LogP contribution >= 0.6 is 0 Å². The third kappa shape index (κ3) is 10.1. The third-order valence-electron chi connectivity index (χ3n) is 7.06. The van der Waals surface area contributed by atoms with Crippen molar-refractivity contribution in [1.29, 1.82) is 0 Å². The van der Waals surface area contributed by atoms with Gasteiger partial charge in [-0.25, -0.2) is 4.98 Å². The number of carbonyl (C=O) groups excluding carboxylic acids is 3. The number of aromatic nitrogens is 2. The van der Waals surface area contributed by atoms with Crippen LogP contribution in [0.15, 0.2) is 110 Å². The Kier molecular flexibility index (Phi) is 11.3. The maximum Gasteiger partial charge on any atom is 0.272 e. The molecule has 0 fully saturated rings. The van der Waals surface area contributed by atoms with Crippen LogP contribution in [0.1, 0.15) is 52.9 Å². The van der Waals surface area contributed by atoms with Crippen molar-refractivity contribution >= 4 is 17.6 Å². The molecule has 0 aliphatic carbocycles. The van der Waals surface area contributed by atoms with Crippen LogP contribution < -0.4 is 10.6 Å². The molecule has 0 spiro atoms. The van der Waals surface area contributed by atoms with Gasteiger partial charge < -0.3 is 10.6 Å². The fraction of sp³-hybridized carbons (Fsp3) is 0.265. The smallest absolute Gasteiger partial charge is 0.272 e. The Labute approximate surface area is 241 Å². The van der Waals surface area contributed by atoms with Crippen LogP contribution in [0.2, 0.25) is 0 Å². The number of nitrogens with zero attached hydrogens (tertiary/aromatic N) is 2. The van der Waals surface area contributed by atoms with Crippen LogP contribution in [0, 0.1) is 5.92 Å². The van der Waals surface area contributed by atoms with Crippen molar-refractivity contribution in [2.24, 2.45) is 5.92 Å². The Balaban J connectivity index is 1.43. The van der Waals surface area contributed by atoms with Gasteiger partial charge in [-0.15, -0.1) is 0 Å². The van der Waals surface area contributed by atoms with E-state index >= 15 is 0 Å². The molecule has 1 heterocycles.